The van der Waals surface area contributed by atoms with E-state index in [1.54, 1.807) is 0 Å². The lowest BCUT2D eigenvalue weighted by Crippen LogP contribution is -2.09. The molecule has 11 rings (SSSR count). The first-order valence-corrected chi connectivity index (χ1v) is 20.8. The molecular weight excluding hydrogens is 755 g/mol. The number of fused-ring (bicyclic) bond motifs is 3. The summed E-state index contributed by atoms with van der Waals surface area (Å²) in [7, 11) is 0. The lowest BCUT2D eigenvalue weighted by molar-refractivity contribution is 1.05. The van der Waals surface area contributed by atoms with Crippen molar-refractivity contribution in [3.63, 3.8) is 0 Å². The van der Waals surface area contributed by atoms with Gasteiger partial charge in [0, 0.05) is 56.9 Å². The van der Waals surface area contributed by atoms with Gasteiger partial charge in [-0.2, -0.15) is 0 Å². The highest BCUT2D eigenvalue weighted by atomic mass is 15.1. The molecule has 5 nitrogen and oxygen atoms in total. The molecule has 0 atom stereocenters. The van der Waals surface area contributed by atoms with Crippen LogP contribution in [0.4, 0.5) is 17.1 Å². The zero-order valence-electron chi connectivity index (χ0n) is 33.8. The van der Waals surface area contributed by atoms with Gasteiger partial charge in [-0.3, -0.25) is 9.55 Å². The van der Waals surface area contributed by atoms with Crippen molar-refractivity contribution in [2.24, 2.45) is 0 Å². The fraction of sp³-hybridized carbons (Fsp3) is 0. The van der Waals surface area contributed by atoms with Crippen molar-refractivity contribution in [1.29, 1.82) is 0 Å². The molecule has 0 aliphatic heterocycles. The van der Waals surface area contributed by atoms with Crippen molar-refractivity contribution in [1.82, 2.24) is 19.5 Å². The van der Waals surface area contributed by atoms with Gasteiger partial charge in [-0.15, -0.1) is 0 Å². The predicted molar refractivity (Wildman–Crippen MR) is 256 cm³/mol. The summed E-state index contributed by atoms with van der Waals surface area (Å²) >= 11 is 0. The van der Waals surface area contributed by atoms with Crippen LogP contribution in [0.3, 0.4) is 0 Å². The molecular formula is C57H39N5. The summed E-state index contributed by atoms with van der Waals surface area (Å²) in [5.74, 6) is 0.749. The molecule has 0 aliphatic rings. The average molecular weight is 794 g/mol. The van der Waals surface area contributed by atoms with Crippen molar-refractivity contribution in [2.75, 3.05) is 4.90 Å². The molecule has 0 fully saturated rings. The second kappa shape index (κ2) is 16.0. The smallest absolute Gasteiger partial charge is 0.165 e. The topological polar surface area (TPSA) is 46.8 Å². The van der Waals surface area contributed by atoms with Gasteiger partial charge < -0.3 is 4.90 Å². The maximum absolute atomic E-state index is 5.67. The Morgan fingerprint density at radius 1 is 0.306 bits per heavy atom. The molecule has 8 aromatic carbocycles. The molecule has 3 aromatic heterocycles. The monoisotopic (exact) mass is 793 g/mol. The van der Waals surface area contributed by atoms with Crippen molar-refractivity contribution in [2.45, 2.75) is 0 Å². The van der Waals surface area contributed by atoms with Gasteiger partial charge in [0.25, 0.3) is 0 Å². The second-order valence-electron chi connectivity index (χ2n) is 15.3. The highest BCUT2D eigenvalue weighted by Crippen LogP contribution is 2.42. The summed E-state index contributed by atoms with van der Waals surface area (Å²) in [6.45, 7) is 0. The van der Waals surface area contributed by atoms with E-state index in [0.717, 1.165) is 101 Å². The second-order valence-corrected chi connectivity index (χ2v) is 15.3. The zero-order valence-corrected chi connectivity index (χ0v) is 33.8. The van der Waals surface area contributed by atoms with Crippen molar-refractivity contribution >= 4 is 38.9 Å². The Hall–Kier alpha value is -8.41. The standard InChI is InChI=1S/C57H39N5/c1-6-16-40(17-7-1)46-28-32-50-51-38-45(41-26-30-49(31-27-41)61(47-22-12-4-13-23-47)48-24-14-5-15-25-48)29-33-52(51)62(53(50)39-46)57-56(44-34-36-58-37-35-44)59-54(42-18-8-2-9-19-42)55(60-57)43-20-10-3-11-21-43/h1-39H. The number of benzene rings is 8. The third-order valence-corrected chi connectivity index (χ3v) is 11.5. The van der Waals surface area contributed by atoms with E-state index in [1.165, 1.54) is 0 Å². The van der Waals surface area contributed by atoms with Crippen LogP contribution < -0.4 is 4.90 Å². The summed E-state index contributed by atoms with van der Waals surface area (Å²) in [5.41, 5.74) is 15.3. The Morgan fingerprint density at radius 2 is 0.758 bits per heavy atom. The first-order valence-electron chi connectivity index (χ1n) is 20.8. The molecule has 0 bridgehead atoms. The largest absolute Gasteiger partial charge is 0.311 e. The first-order chi connectivity index (χ1) is 30.8. The van der Waals surface area contributed by atoms with Gasteiger partial charge in [0.2, 0.25) is 0 Å². The van der Waals surface area contributed by atoms with Crippen LogP contribution in [0, 0.1) is 0 Å². The van der Waals surface area contributed by atoms with E-state index in [1.807, 2.05) is 36.7 Å². The Kier molecular flexibility index (Phi) is 9.45. The van der Waals surface area contributed by atoms with E-state index < -0.39 is 0 Å². The van der Waals surface area contributed by atoms with Gasteiger partial charge in [-0.25, -0.2) is 9.97 Å². The number of hydrogen-bond donors (Lipinski definition) is 0. The van der Waals surface area contributed by atoms with E-state index in [2.05, 4.69) is 215 Å². The number of para-hydroxylation sites is 2. The van der Waals surface area contributed by atoms with Crippen LogP contribution in [0.15, 0.2) is 237 Å². The van der Waals surface area contributed by atoms with Crippen LogP contribution in [0.1, 0.15) is 0 Å². The molecule has 292 valence electrons. The van der Waals surface area contributed by atoms with Crippen molar-refractivity contribution < 1.29 is 0 Å². The fourth-order valence-electron chi connectivity index (χ4n) is 8.52. The summed E-state index contributed by atoms with van der Waals surface area (Å²) < 4.78 is 2.31. The van der Waals surface area contributed by atoms with Crippen LogP contribution >= 0.6 is 0 Å². The molecule has 0 saturated carbocycles. The number of anilines is 3. The summed E-state index contributed by atoms with van der Waals surface area (Å²) in [5, 5.41) is 2.26. The van der Waals surface area contributed by atoms with Crippen LogP contribution in [-0.2, 0) is 0 Å². The number of rotatable bonds is 9. The van der Waals surface area contributed by atoms with Crippen LogP contribution in [0.2, 0.25) is 0 Å². The lowest BCUT2D eigenvalue weighted by Gasteiger charge is -2.25. The molecule has 11 aromatic rings. The molecule has 0 amide bonds. The SMILES string of the molecule is c1ccc(-c2ccc3c4cc(-c5ccc(N(c6ccccc6)c6ccccc6)cc5)ccc4n(-c4nc(-c5ccccc5)c(-c5ccccc5)nc4-c4ccncc4)c3c2)cc1. The molecule has 0 saturated heterocycles. The molecule has 0 N–H and O–H groups in total. The third kappa shape index (κ3) is 6.78. The summed E-state index contributed by atoms with van der Waals surface area (Å²) in [6.07, 6.45) is 3.65. The lowest BCUT2D eigenvalue weighted by atomic mass is 10.0. The Morgan fingerprint density at radius 3 is 1.35 bits per heavy atom. The third-order valence-electron chi connectivity index (χ3n) is 11.5. The first kappa shape index (κ1) is 36.7. The van der Waals surface area contributed by atoms with Gasteiger partial charge in [0.1, 0.15) is 5.69 Å². The van der Waals surface area contributed by atoms with Crippen LogP contribution in [0.25, 0.3) is 83.6 Å². The summed E-state index contributed by atoms with van der Waals surface area (Å²) in [4.78, 5) is 17.9. The van der Waals surface area contributed by atoms with Gasteiger partial charge in [0.05, 0.1) is 22.4 Å². The van der Waals surface area contributed by atoms with E-state index in [4.69, 9.17) is 9.97 Å². The Bertz CT molecular complexity index is 3260. The fourth-order valence-corrected chi connectivity index (χ4v) is 8.52. The van der Waals surface area contributed by atoms with E-state index in [-0.39, 0.29) is 0 Å². The summed E-state index contributed by atoms with van der Waals surface area (Å²) in [6, 6.07) is 78.8. The number of aromatic nitrogens is 4. The normalized spacial score (nSPS) is 11.2. The van der Waals surface area contributed by atoms with Gasteiger partial charge >= 0.3 is 0 Å². The maximum Gasteiger partial charge on any atom is 0.165 e. The molecule has 0 radical (unpaired) electrons. The average Bonchev–Trinajstić information content (AvgIpc) is 3.68. The maximum atomic E-state index is 5.67. The van der Waals surface area contributed by atoms with Gasteiger partial charge in [-0.05, 0) is 89.0 Å². The minimum Gasteiger partial charge on any atom is -0.311 e. The van der Waals surface area contributed by atoms with E-state index >= 15 is 0 Å². The number of pyridine rings is 1. The Labute approximate surface area is 360 Å². The minimum absolute atomic E-state index is 0.749. The van der Waals surface area contributed by atoms with Crippen LogP contribution in [-0.4, -0.2) is 19.5 Å². The Balaban J connectivity index is 1.13. The van der Waals surface area contributed by atoms with E-state index in [0.29, 0.717) is 0 Å². The number of hydrogen-bond acceptors (Lipinski definition) is 4. The quantitative estimate of drug-likeness (QED) is 0.146. The molecule has 5 heteroatoms. The molecule has 0 unspecified atom stereocenters. The van der Waals surface area contributed by atoms with Crippen LogP contribution in [0.5, 0.6) is 0 Å². The van der Waals surface area contributed by atoms with Crippen molar-refractivity contribution in [3.8, 4) is 61.8 Å². The van der Waals surface area contributed by atoms with Crippen molar-refractivity contribution in [3.05, 3.63) is 237 Å². The highest BCUT2D eigenvalue weighted by Gasteiger charge is 2.24. The van der Waals surface area contributed by atoms with E-state index in [9.17, 15) is 0 Å². The van der Waals surface area contributed by atoms with Gasteiger partial charge in [-0.1, -0.05) is 158 Å². The zero-order chi connectivity index (χ0) is 41.2. The molecule has 3 heterocycles. The molecule has 0 aliphatic carbocycles. The minimum atomic E-state index is 0.749. The molecule has 62 heavy (non-hydrogen) atoms. The molecule has 0 spiro atoms. The predicted octanol–water partition coefficient (Wildman–Crippen LogP) is 14.8. The number of nitrogens with zero attached hydrogens (tertiary/aromatic N) is 5. The highest BCUT2D eigenvalue weighted by molar-refractivity contribution is 6.12. The van der Waals surface area contributed by atoms with Gasteiger partial charge in [0.15, 0.2) is 5.82 Å².